The van der Waals surface area contributed by atoms with Gasteiger partial charge in [-0.1, -0.05) is 5.21 Å². The molecule has 0 aliphatic carbocycles. The number of rotatable bonds is 4. The van der Waals surface area contributed by atoms with Crippen LogP contribution in [0.25, 0.3) is 16.7 Å². The quantitative estimate of drug-likeness (QED) is 0.432. The Morgan fingerprint density at radius 2 is 1.79 bits per heavy atom. The molecule has 4 aromatic rings. The summed E-state index contributed by atoms with van der Waals surface area (Å²) in [6.07, 6.45) is 8.70. The normalized spacial score (nSPS) is 18.3. The lowest BCUT2D eigenvalue weighted by molar-refractivity contribution is -0.0296. The molecule has 1 N–H and O–H groups in total. The topological polar surface area (TPSA) is 127 Å². The van der Waals surface area contributed by atoms with E-state index < -0.39 is 5.60 Å². The number of aromatic nitrogens is 7. The van der Waals surface area contributed by atoms with Crippen LogP contribution in [-0.2, 0) is 6.54 Å². The van der Waals surface area contributed by atoms with Gasteiger partial charge in [0.1, 0.15) is 17.5 Å². The average molecular weight is 522 g/mol. The summed E-state index contributed by atoms with van der Waals surface area (Å²) in [5, 5.41) is 23.8. The van der Waals surface area contributed by atoms with Gasteiger partial charge in [0, 0.05) is 32.4 Å². The SMILES string of the molecule is O=C(N1CCC(n2ccnn2)CC1)N1CCC(O)(Cn2cnc3c(cnn3-c3ccc(F)cc3)c2=O)CC1. The summed E-state index contributed by atoms with van der Waals surface area (Å²) < 4.78 is 18.0. The molecule has 2 saturated heterocycles. The second-order valence-corrected chi connectivity index (χ2v) is 10.0. The Balaban J connectivity index is 1.09. The van der Waals surface area contributed by atoms with Crippen LogP contribution in [0.15, 0.2) is 54.0 Å². The van der Waals surface area contributed by atoms with Crippen molar-refractivity contribution >= 4 is 17.1 Å². The van der Waals surface area contributed by atoms with Gasteiger partial charge >= 0.3 is 6.03 Å². The van der Waals surface area contributed by atoms with Gasteiger partial charge in [-0.15, -0.1) is 5.10 Å². The van der Waals surface area contributed by atoms with E-state index in [0.29, 0.717) is 55.7 Å². The second kappa shape index (κ2) is 9.63. The number of halogens is 1. The summed E-state index contributed by atoms with van der Waals surface area (Å²) >= 11 is 0. The van der Waals surface area contributed by atoms with Crippen LogP contribution in [0.1, 0.15) is 31.7 Å². The molecule has 0 radical (unpaired) electrons. The van der Waals surface area contributed by atoms with E-state index in [9.17, 15) is 19.1 Å². The van der Waals surface area contributed by atoms with E-state index in [2.05, 4.69) is 20.4 Å². The maximum atomic E-state index is 13.3. The first-order valence-corrected chi connectivity index (χ1v) is 12.7. The molecule has 0 unspecified atom stereocenters. The number of benzene rings is 1. The number of hydrogen-bond donors (Lipinski definition) is 1. The van der Waals surface area contributed by atoms with E-state index in [4.69, 9.17) is 0 Å². The fourth-order valence-corrected chi connectivity index (χ4v) is 5.36. The molecule has 0 saturated carbocycles. The highest BCUT2D eigenvalue weighted by atomic mass is 19.1. The van der Waals surface area contributed by atoms with Crippen LogP contribution in [0.5, 0.6) is 0 Å². The van der Waals surface area contributed by atoms with Crippen molar-refractivity contribution in [2.75, 3.05) is 26.2 Å². The molecule has 2 aliphatic heterocycles. The number of aliphatic hydroxyl groups is 1. The van der Waals surface area contributed by atoms with E-state index >= 15 is 0 Å². The minimum absolute atomic E-state index is 0.0162. The fraction of sp³-hybridized carbons (Fsp3) is 0.440. The zero-order valence-corrected chi connectivity index (χ0v) is 20.7. The Kier molecular flexibility index (Phi) is 6.14. The Hall–Kier alpha value is -4.13. The number of hydrogen-bond acceptors (Lipinski definition) is 7. The Morgan fingerprint density at radius 3 is 2.47 bits per heavy atom. The van der Waals surface area contributed by atoms with Crippen molar-refractivity contribution in [3.63, 3.8) is 0 Å². The Morgan fingerprint density at radius 1 is 1.08 bits per heavy atom. The van der Waals surface area contributed by atoms with E-state index in [0.717, 1.165) is 12.8 Å². The highest BCUT2D eigenvalue weighted by molar-refractivity contribution is 5.75. The van der Waals surface area contributed by atoms with Gasteiger partial charge in [-0.3, -0.25) is 9.36 Å². The maximum Gasteiger partial charge on any atom is 0.320 e. The van der Waals surface area contributed by atoms with Crippen molar-refractivity contribution in [1.82, 2.24) is 44.1 Å². The Bertz CT molecular complexity index is 1480. The number of nitrogens with zero attached hydrogens (tertiary/aromatic N) is 9. The molecule has 5 heterocycles. The van der Waals surface area contributed by atoms with Crippen LogP contribution in [0.4, 0.5) is 9.18 Å². The number of urea groups is 1. The number of piperidine rings is 2. The first-order valence-electron chi connectivity index (χ1n) is 12.7. The monoisotopic (exact) mass is 521 g/mol. The molecule has 6 rings (SSSR count). The Labute approximate surface area is 216 Å². The van der Waals surface area contributed by atoms with Gasteiger partial charge in [-0.25, -0.2) is 23.5 Å². The molecule has 13 heteroatoms. The van der Waals surface area contributed by atoms with Gasteiger partial charge in [-0.05, 0) is 49.9 Å². The molecule has 0 bridgehead atoms. The van der Waals surface area contributed by atoms with Gasteiger partial charge in [0.15, 0.2) is 5.65 Å². The minimum atomic E-state index is -1.14. The van der Waals surface area contributed by atoms with Crippen molar-refractivity contribution in [3.05, 3.63) is 65.4 Å². The van der Waals surface area contributed by atoms with Crippen LogP contribution in [0, 0.1) is 5.82 Å². The van der Waals surface area contributed by atoms with Crippen molar-refractivity contribution < 1.29 is 14.3 Å². The van der Waals surface area contributed by atoms with Gasteiger partial charge in [0.25, 0.3) is 5.56 Å². The summed E-state index contributed by atoms with van der Waals surface area (Å²) in [6, 6.07) is 5.99. The third-order valence-electron chi connectivity index (χ3n) is 7.61. The number of likely N-dealkylation sites (tertiary alicyclic amines) is 2. The minimum Gasteiger partial charge on any atom is -0.388 e. The predicted molar refractivity (Wildman–Crippen MR) is 134 cm³/mol. The zero-order valence-electron chi connectivity index (χ0n) is 20.7. The van der Waals surface area contributed by atoms with Crippen molar-refractivity contribution in [2.24, 2.45) is 0 Å². The lowest BCUT2D eigenvalue weighted by Crippen LogP contribution is -2.54. The zero-order chi connectivity index (χ0) is 26.3. The number of carbonyl (C=O) groups is 1. The summed E-state index contributed by atoms with van der Waals surface area (Å²) in [4.78, 5) is 34.3. The van der Waals surface area contributed by atoms with E-state index in [-0.39, 0.29) is 30.0 Å². The molecule has 12 nitrogen and oxygen atoms in total. The van der Waals surface area contributed by atoms with E-state index in [1.807, 2.05) is 15.8 Å². The molecule has 1 aromatic carbocycles. The fourth-order valence-electron chi connectivity index (χ4n) is 5.36. The average Bonchev–Trinajstić information content (AvgIpc) is 3.62. The van der Waals surface area contributed by atoms with Crippen molar-refractivity contribution in [1.29, 1.82) is 0 Å². The van der Waals surface area contributed by atoms with Crippen LogP contribution in [0.2, 0.25) is 0 Å². The smallest absolute Gasteiger partial charge is 0.320 e. The third kappa shape index (κ3) is 4.53. The largest absolute Gasteiger partial charge is 0.388 e. The number of fused-ring (bicyclic) bond motifs is 1. The van der Waals surface area contributed by atoms with Crippen LogP contribution in [0.3, 0.4) is 0 Å². The summed E-state index contributed by atoms with van der Waals surface area (Å²) in [6.45, 7) is 2.19. The number of amides is 2. The summed E-state index contributed by atoms with van der Waals surface area (Å²) in [7, 11) is 0. The molecule has 0 atom stereocenters. The van der Waals surface area contributed by atoms with Gasteiger partial charge in [0.2, 0.25) is 0 Å². The maximum absolute atomic E-state index is 13.3. The van der Waals surface area contributed by atoms with Crippen molar-refractivity contribution in [3.8, 4) is 5.69 Å². The van der Waals surface area contributed by atoms with E-state index in [1.165, 1.54) is 33.9 Å². The van der Waals surface area contributed by atoms with Crippen molar-refractivity contribution in [2.45, 2.75) is 43.9 Å². The molecule has 0 spiro atoms. The molecule has 2 aliphatic rings. The molecular formula is C25H28FN9O3. The highest BCUT2D eigenvalue weighted by Crippen LogP contribution is 2.27. The molecule has 3 aromatic heterocycles. The van der Waals surface area contributed by atoms with Gasteiger partial charge < -0.3 is 14.9 Å². The lowest BCUT2D eigenvalue weighted by atomic mass is 9.91. The first kappa shape index (κ1) is 24.2. The van der Waals surface area contributed by atoms with Gasteiger partial charge in [-0.2, -0.15) is 5.10 Å². The molecular weight excluding hydrogens is 493 g/mol. The van der Waals surface area contributed by atoms with Gasteiger partial charge in [0.05, 0.1) is 36.3 Å². The second-order valence-electron chi connectivity index (χ2n) is 10.0. The molecule has 38 heavy (non-hydrogen) atoms. The van der Waals surface area contributed by atoms with Crippen LogP contribution >= 0.6 is 0 Å². The standard InChI is InChI=1S/C25H28FN9O3/c26-18-1-3-20(4-2-18)35-22-21(15-29-35)23(36)33(17-27-22)16-25(38)7-12-32(13-8-25)24(37)31-10-5-19(6-11-31)34-14-9-28-30-34/h1-4,9,14-15,17,19,38H,5-8,10-13,16H2. The third-order valence-corrected chi connectivity index (χ3v) is 7.61. The van der Waals surface area contributed by atoms with Crippen LogP contribution < -0.4 is 5.56 Å². The lowest BCUT2D eigenvalue weighted by Gasteiger charge is -2.41. The first-order chi connectivity index (χ1) is 18.4. The van der Waals surface area contributed by atoms with E-state index in [1.54, 1.807) is 23.2 Å². The predicted octanol–water partition coefficient (Wildman–Crippen LogP) is 1.60. The summed E-state index contributed by atoms with van der Waals surface area (Å²) in [5.41, 5.74) is -0.504. The number of carbonyl (C=O) groups excluding carboxylic acids is 1. The molecule has 2 fully saturated rings. The van der Waals surface area contributed by atoms with Crippen LogP contribution in [-0.4, -0.2) is 87.0 Å². The molecule has 2 amide bonds. The summed E-state index contributed by atoms with van der Waals surface area (Å²) in [5.74, 6) is -0.366. The highest BCUT2D eigenvalue weighted by Gasteiger charge is 2.37. The molecule has 198 valence electrons.